The van der Waals surface area contributed by atoms with E-state index in [-0.39, 0.29) is 12.1 Å². The highest BCUT2D eigenvalue weighted by atomic mass is 16.6. The summed E-state index contributed by atoms with van der Waals surface area (Å²) in [6, 6.07) is 1.61. The van der Waals surface area contributed by atoms with Crippen molar-refractivity contribution in [3.63, 3.8) is 0 Å². The van der Waals surface area contributed by atoms with Gasteiger partial charge in [-0.25, -0.2) is 4.79 Å². The van der Waals surface area contributed by atoms with Crippen LogP contribution in [0.3, 0.4) is 0 Å². The molecule has 1 amide bonds. The molecule has 2 aliphatic rings. The van der Waals surface area contributed by atoms with E-state index in [0.29, 0.717) is 18.1 Å². The molecule has 1 saturated heterocycles. The van der Waals surface area contributed by atoms with Crippen molar-refractivity contribution in [1.29, 1.82) is 0 Å². The van der Waals surface area contributed by atoms with E-state index in [1.807, 2.05) is 25.7 Å². The van der Waals surface area contributed by atoms with Gasteiger partial charge in [0.05, 0.1) is 0 Å². The van der Waals surface area contributed by atoms with Crippen LogP contribution in [0.25, 0.3) is 0 Å². The molecule has 0 radical (unpaired) electrons. The van der Waals surface area contributed by atoms with Gasteiger partial charge in [-0.1, -0.05) is 6.42 Å². The summed E-state index contributed by atoms with van der Waals surface area (Å²) in [6.45, 7) is 8.62. The lowest BCUT2D eigenvalue weighted by Gasteiger charge is -2.40. The van der Waals surface area contributed by atoms with Gasteiger partial charge < -0.3 is 20.7 Å². The summed E-state index contributed by atoms with van der Waals surface area (Å²) in [5.41, 5.74) is 5.64. The largest absolute Gasteiger partial charge is 0.444 e. The van der Waals surface area contributed by atoms with Crippen LogP contribution in [0.15, 0.2) is 0 Å². The van der Waals surface area contributed by atoms with Crippen LogP contribution in [0.4, 0.5) is 4.79 Å². The summed E-state index contributed by atoms with van der Waals surface area (Å²) < 4.78 is 5.50. The van der Waals surface area contributed by atoms with Gasteiger partial charge >= 0.3 is 6.09 Å². The molecule has 128 valence electrons. The molecule has 0 aromatic carbocycles. The molecular formula is C17H33N3O2. The van der Waals surface area contributed by atoms with Crippen molar-refractivity contribution >= 4 is 6.09 Å². The predicted octanol–water partition coefficient (Wildman–Crippen LogP) is 2.63. The van der Waals surface area contributed by atoms with Crippen LogP contribution in [0.2, 0.25) is 0 Å². The maximum absolute atomic E-state index is 12.2. The lowest BCUT2D eigenvalue weighted by Crippen LogP contribution is -2.53. The zero-order valence-electron chi connectivity index (χ0n) is 14.6. The van der Waals surface area contributed by atoms with E-state index >= 15 is 0 Å². The minimum absolute atomic E-state index is 0.182. The van der Waals surface area contributed by atoms with Crippen LogP contribution in [-0.4, -0.2) is 47.3 Å². The summed E-state index contributed by atoms with van der Waals surface area (Å²) >= 11 is 0. The summed E-state index contributed by atoms with van der Waals surface area (Å²) in [5.74, 6) is 0. The highest BCUT2D eigenvalue weighted by Gasteiger charge is 2.33. The number of ether oxygens (including phenoxy) is 1. The van der Waals surface area contributed by atoms with Crippen molar-refractivity contribution < 1.29 is 9.53 Å². The Labute approximate surface area is 134 Å². The Kier molecular flexibility index (Phi) is 5.72. The normalized spacial score (nSPS) is 33.6. The van der Waals surface area contributed by atoms with Gasteiger partial charge in [-0.15, -0.1) is 0 Å². The van der Waals surface area contributed by atoms with Gasteiger partial charge in [-0.2, -0.15) is 0 Å². The molecule has 2 fully saturated rings. The lowest BCUT2D eigenvalue weighted by atomic mass is 9.89. The first kappa shape index (κ1) is 17.5. The van der Waals surface area contributed by atoms with Gasteiger partial charge in [0.1, 0.15) is 5.60 Å². The van der Waals surface area contributed by atoms with Gasteiger partial charge in [0, 0.05) is 30.7 Å². The molecule has 1 heterocycles. The van der Waals surface area contributed by atoms with E-state index in [0.717, 1.165) is 32.2 Å². The second-order valence-electron chi connectivity index (χ2n) is 8.03. The fraction of sp³-hybridized carbons (Fsp3) is 0.941. The molecule has 0 bridgehead atoms. The summed E-state index contributed by atoms with van der Waals surface area (Å²) in [6.07, 6.45) is 6.50. The van der Waals surface area contributed by atoms with Crippen LogP contribution >= 0.6 is 0 Å². The Morgan fingerprint density at radius 3 is 2.45 bits per heavy atom. The fourth-order valence-corrected chi connectivity index (χ4v) is 3.63. The number of hydrogen-bond donors (Lipinski definition) is 2. The van der Waals surface area contributed by atoms with Crippen molar-refractivity contribution in [3.8, 4) is 0 Å². The minimum atomic E-state index is -0.426. The molecule has 0 aromatic heterocycles. The fourth-order valence-electron chi connectivity index (χ4n) is 3.63. The molecule has 0 aromatic rings. The number of carbonyl (C=O) groups excluding carboxylic acids is 1. The van der Waals surface area contributed by atoms with Crippen LogP contribution in [0, 0.1) is 0 Å². The maximum atomic E-state index is 12.2. The zero-order chi connectivity index (χ0) is 16.3. The van der Waals surface area contributed by atoms with Gasteiger partial charge in [-0.05, 0) is 59.8 Å². The van der Waals surface area contributed by atoms with Crippen molar-refractivity contribution in [2.45, 2.75) is 96.0 Å². The molecule has 0 spiro atoms. The first-order valence-electron chi connectivity index (χ1n) is 8.76. The van der Waals surface area contributed by atoms with E-state index in [9.17, 15) is 4.79 Å². The summed E-state index contributed by atoms with van der Waals surface area (Å²) in [7, 11) is 0. The Morgan fingerprint density at radius 1 is 1.18 bits per heavy atom. The maximum Gasteiger partial charge on any atom is 0.410 e. The Balaban J connectivity index is 1.80. The lowest BCUT2D eigenvalue weighted by molar-refractivity contribution is 0.00879. The van der Waals surface area contributed by atoms with E-state index in [2.05, 4.69) is 12.2 Å². The summed E-state index contributed by atoms with van der Waals surface area (Å²) in [4.78, 5) is 14.1. The Morgan fingerprint density at radius 2 is 1.86 bits per heavy atom. The number of amides is 1. The van der Waals surface area contributed by atoms with Crippen LogP contribution in [-0.2, 0) is 4.74 Å². The average molecular weight is 311 g/mol. The van der Waals surface area contributed by atoms with E-state index < -0.39 is 5.60 Å². The van der Waals surface area contributed by atoms with Gasteiger partial charge in [0.2, 0.25) is 0 Å². The number of hydrogen-bond acceptors (Lipinski definition) is 4. The summed E-state index contributed by atoms with van der Waals surface area (Å²) in [5, 5.41) is 3.77. The molecule has 2 rings (SSSR count). The third-order valence-corrected chi connectivity index (χ3v) is 4.69. The van der Waals surface area contributed by atoms with Crippen molar-refractivity contribution in [1.82, 2.24) is 10.2 Å². The van der Waals surface area contributed by atoms with Crippen LogP contribution in [0.1, 0.15) is 66.2 Å². The van der Waals surface area contributed by atoms with E-state index in [4.69, 9.17) is 10.5 Å². The third kappa shape index (κ3) is 5.13. The molecule has 4 unspecified atom stereocenters. The topological polar surface area (TPSA) is 67.6 Å². The smallest absolute Gasteiger partial charge is 0.410 e. The van der Waals surface area contributed by atoms with Crippen LogP contribution < -0.4 is 11.1 Å². The minimum Gasteiger partial charge on any atom is -0.444 e. The third-order valence-electron chi connectivity index (χ3n) is 4.69. The molecule has 3 N–H and O–H groups in total. The molecule has 5 nitrogen and oxygen atoms in total. The molecule has 5 heteroatoms. The van der Waals surface area contributed by atoms with Crippen LogP contribution in [0.5, 0.6) is 0 Å². The predicted molar refractivity (Wildman–Crippen MR) is 88.8 cm³/mol. The van der Waals surface area contributed by atoms with E-state index in [1.54, 1.807) is 0 Å². The second kappa shape index (κ2) is 7.18. The van der Waals surface area contributed by atoms with Gasteiger partial charge in [-0.3, -0.25) is 0 Å². The van der Waals surface area contributed by atoms with Gasteiger partial charge in [0.25, 0.3) is 0 Å². The second-order valence-corrected chi connectivity index (χ2v) is 8.03. The molecule has 1 aliphatic heterocycles. The van der Waals surface area contributed by atoms with E-state index in [1.165, 1.54) is 12.8 Å². The molecule has 4 atom stereocenters. The number of rotatable bonds is 2. The Hall–Kier alpha value is -0.810. The number of nitrogens with zero attached hydrogens (tertiary/aromatic N) is 1. The number of likely N-dealkylation sites (tertiary alicyclic amines) is 1. The highest BCUT2D eigenvalue weighted by Crippen LogP contribution is 2.23. The molecule has 1 saturated carbocycles. The van der Waals surface area contributed by atoms with Crippen molar-refractivity contribution in [2.24, 2.45) is 5.73 Å². The SMILES string of the molecule is CC1CC(NC2CCCC(N)C2)CCN1C(=O)OC(C)(C)C. The first-order chi connectivity index (χ1) is 10.2. The molecular weight excluding hydrogens is 278 g/mol. The monoisotopic (exact) mass is 311 g/mol. The molecule has 1 aliphatic carbocycles. The number of carbonyl (C=O) groups is 1. The van der Waals surface area contributed by atoms with Crippen molar-refractivity contribution in [3.05, 3.63) is 0 Å². The number of piperidine rings is 1. The first-order valence-corrected chi connectivity index (χ1v) is 8.76. The Bertz CT molecular complexity index is 381. The zero-order valence-corrected chi connectivity index (χ0v) is 14.6. The number of nitrogens with two attached hydrogens (primary N) is 1. The highest BCUT2D eigenvalue weighted by molar-refractivity contribution is 5.68. The van der Waals surface area contributed by atoms with Crippen molar-refractivity contribution in [2.75, 3.05) is 6.54 Å². The number of nitrogens with one attached hydrogen (secondary N) is 1. The van der Waals surface area contributed by atoms with Gasteiger partial charge in [0.15, 0.2) is 0 Å². The molecule has 22 heavy (non-hydrogen) atoms. The average Bonchev–Trinajstić information content (AvgIpc) is 2.36. The quantitative estimate of drug-likeness (QED) is 0.822. The standard InChI is InChI=1S/C17H33N3O2/c1-12-10-15(19-14-7-5-6-13(18)11-14)8-9-20(12)16(21)22-17(2,3)4/h12-15,19H,5-11,18H2,1-4H3.